The molecule has 0 amide bonds. The highest BCUT2D eigenvalue weighted by Gasteiger charge is 2.24. The van der Waals surface area contributed by atoms with E-state index in [0.29, 0.717) is 29.3 Å². The zero-order valence-electron chi connectivity index (χ0n) is 14.0. The maximum absolute atomic E-state index is 10.00. The third-order valence-corrected chi connectivity index (χ3v) is 5.24. The second-order valence-corrected chi connectivity index (χ2v) is 7.11. The SMILES string of the molecule is CC(C)c1cc([C@H]2CC[C@@H](c3ccc(O)cc3)CC2)ccc1O. The molecule has 23 heavy (non-hydrogen) atoms. The molecule has 1 aliphatic rings. The van der Waals surface area contributed by atoms with Crippen molar-refractivity contribution in [3.8, 4) is 11.5 Å². The van der Waals surface area contributed by atoms with Crippen LogP contribution in [0.2, 0.25) is 0 Å². The van der Waals surface area contributed by atoms with Crippen LogP contribution in [-0.4, -0.2) is 10.2 Å². The number of aromatic hydroxyl groups is 2. The largest absolute Gasteiger partial charge is 0.508 e. The first-order valence-corrected chi connectivity index (χ1v) is 8.66. The Morgan fingerprint density at radius 1 is 0.783 bits per heavy atom. The first kappa shape index (κ1) is 15.9. The average Bonchev–Trinajstić information content (AvgIpc) is 2.56. The van der Waals surface area contributed by atoms with Gasteiger partial charge in [-0.15, -0.1) is 0 Å². The monoisotopic (exact) mass is 310 g/mol. The van der Waals surface area contributed by atoms with Crippen molar-refractivity contribution >= 4 is 0 Å². The molecular formula is C21H26O2. The topological polar surface area (TPSA) is 40.5 Å². The van der Waals surface area contributed by atoms with Gasteiger partial charge < -0.3 is 10.2 Å². The Bertz CT molecular complexity index is 650. The Kier molecular flexibility index (Phi) is 4.61. The van der Waals surface area contributed by atoms with Gasteiger partial charge in [-0.3, -0.25) is 0 Å². The fourth-order valence-electron chi connectivity index (χ4n) is 3.80. The Labute approximate surface area is 138 Å². The molecule has 2 heteroatoms. The van der Waals surface area contributed by atoms with Crippen LogP contribution in [0.3, 0.4) is 0 Å². The molecule has 0 bridgehead atoms. The molecule has 0 saturated heterocycles. The van der Waals surface area contributed by atoms with Gasteiger partial charge in [0.15, 0.2) is 0 Å². The first-order valence-electron chi connectivity index (χ1n) is 8.66. The molecule has 2 nitrogen and oxygen atoms in total. The summed E-state index contributed by atoms with van der Waals surface area (Å²) in [7, 11) is 0. The molecule has 0 aromatic heterocycles. The second kappa shape index (κ2) is 6.66. The fourth-order valence-corrected chi connectivity index (χ4v) is 3.80. The van der Waals surface area contributed by atoms with Gasteiger partial charge in [0.1, 0.15) is 11.5 Å². The van der Waals surface area contributed by atoms with E-state index in [0.717, 1.165) is 5.56 Å². The van der Waals surface area contributed by atoms with Crippen molar-refractivity contribution in [2.45, 2.75) is 57.3 Å². The molecule has 1 aliphatic carbocycles. The van der Waals surface area contributed by atoms with Gasteiger partial charge in [0, 0.05) is 0 Å². The summed E-state index contributed by atoms with van der Waals surface area (Å²) in [4.78, 5) is 0. The van der Waals surface area contributed by atoms with Crippen LogP contribution in [0.15, 0.2) is 42.5 Å². The minimum Gasteiger partial charge on any atom is -0.508 e. The number of benzene rings is 2. The lowest BCUT2D eigenvalue weighted by Gasteiger charge is -2.29. The van der Waals surface area contributed by atoms with Crippen LogP contribution < -0.4 is 0 Å². The summed E-state index contributed by atoms with van der Waals surface area (Å²) in [6, 6.07) is 13.8. The smallest absolute Gasteiger partial charge is 0.119 e. The van der Waals surface area contributed by atoms with Gasteiger partial charge in [0.25, 0.3) is 0 Å². The quantitative estimate of drug-likeness (QED) is 0.767. The van der Waals surface area contributed by atoms with Crippen molar-refractivity contribution in [3.63, 3.8) is 0 Å². The summed E-state index contributed by atoms with van der Waals surface area (Å²) in [5, 5.41) is 19.4. The first-order chi connectivity index (χ1) is 11.0. The molecular weight excluding hydrogens is 284 g/mol. The molecule has 2 aromatic carbocycles. The van der Waals surface area contributed by atoms with Gasteiger partial charge in [0.2, 0.25) is 0 Å². The molecule has 0 aliphatic heterocycles. The van der Waals surface area contributed by atoms with Crippen molar-refractivity contribution in [2.75, 3.05) is 0 Å². The molecule has 3 rings (SSSR count). The van der Waals surface area contributed by atoms with Gasteiger partial charge in [0.05, 0.1) is 0 Å². The van der Waals surface area contributed by atoms with Crippen molar-refractivity contribution in [1.82, 2.24) is 0 Å². The minimum absolute atomic E-state index is 0.341. The maximum Gasteiger partial charge on any atom is 0.119 e. The summed E-state index contributed by atoms with van der Waals surface area (Å²) in [5.41, 5.74) is 3.77. The predicted molar refractivity (Wildman–Crippen MR) is 94.3 cm³/mol. The van der Waals surface area contributed by atoms with Crippen LogP contribution in [0, 0.1) is 0 Å². The van der Waals surface area contributed by atoms with Gasteiger partial charge in [-0.05, 0) is 78.3 Å². The standard InChI is InChI=1S/C21H26O2/c1-14(2)20-13-18(9-12-21(20)23)17-5-3-15(4-6-17)16-7-10-19(22)11-8-16/h7-15,17,22-23H,3-6H2,1-2H3/t15-,17+. The van der Waals surface area contributed by atoms with Gasteiger partial charge in [-0.2, -0.15) is 0 Å². The lowest BCUT2D eigenvalue weighted by atomic mass is 9.76. The third kappa shape index (κ3) is 3.52. The molecule has 0 spiro atoms. The molecule has 2 aromatic rings. The summed E-state index contributed by atoms with van der Waals surface area (Å²) in [6.07, 6.45) is 4.75. The van der Waals surface area contributed by atoms with Crippen LogP contribution in [0.1, 0.15) is 74.0 Å². The van der Waals surface area contributed by atoms with E-state index in [4.69, 9.17) is 0 Å². The van der Waals surface area contributed by atoms with E-state index in [-0.39, 0.29) is 0 Å². The third-order valence-electron chi connectivity index (χ3n) is 5.24. The fraction of sp³-hybridized carbons (Fsp3) is 0.429. The van der Waals surface area contributed by atoms with Gasteiger partial charge >= 0.3 is 0 Å². The lowest BCUT2D eigenvalue weighted by molar-refractivity contribution is 0.395. The average molecular weight is 310 g/mol. The van der Waals surface area contributed by atoms with Crippen LogP contribution in [-0.2, 0) is 0 Å². The summed E-state index contributed by atoms with van der Waals surface area (Å²) < 4.78 is 0. The molecule has 2 N–H and O–H groups in total. The highest BCUT2D eigenvalue weighted by atomic mass is 16.3. The number of phenols is 2. The van der Waals surface area contributed by atoms with Gasteiger partial charge in [-0.1, -0.05) is 38.1 Å². The van der Waals surface area contributed by atoms with Crippen LogP contribution in [0.5, 0.6) is 11.5 Å². The molecule has 1 fully saturated rings. The van der Waals surface area contributed by atoms with Gasteiger partial charge in [-0.25, -0.2) is 0 Å². The second-order valence-electron chi connectivity index (χ2n) is 7.11. The van der Waals surface area contributed by atoms with Crippen LogP contribution >= 0.6 is 0 Å². The summed E-state index contributed by atoms with van der Waals surface area (Å²) in [5.74, 6) is 2.31. The zero-order chi connectivity index (χ0) is 16.4. The van der Waals surface area contributed by atoms with Crippen molar-refractivity contribution in [1.29, 1.82) is 0 Å². The molecule has 1 saturated carbocycles. The summed E-state index contributed by atoms with van der Waals surface area (Å²) in [6.45, 7) is 4.25. The Hall–Kier alpha value is -1.96. The Morgan fingerprint density at radius 3 is 1.87 bits per heavy atom. The number of hydrogen-bond acceptors (Lipinski definition) is 2. The number of hydrogen-bond donors (Lipinski definition) is 2. The van der Waals surface area contributed by atoms with E-state index < -0.39 is 0 Å². The number of rotatable bonds is 3. The Morgan fingerprint density at radius 2 is 1.30 bits per heavy atom. The van der Waals surface area contributed by atoms with E-state index >= 15 is 0 Å². The highest BCUT2D eigenvalue weighted by molar-refractivity contribution is 5.39. The van der Waals surface area contributed by atoms with E-state index in [9.17, 15) is 10.2 Å². The summed E-state index contributed by atoms with van der Waals surface area (Å²) >= 11 is 0. The van der Waals surface area contributed by atoms with Crippen molar-refractivity contribution in [3.05, 3.63) is 59.2 Å². The van der Waals surface area contributed by atoms with E-state index in [1.54, 1.807) is 12.1 Å². The predicted octanol–water partition coefficient (Wildman–Crippen LogP) is 5.66. The normalized spacial score (nSPS) is 21.5. The highest BCUT2D eigenvalue weighted by Crippen LogP contribution is 2.42. The van der Waals surface area contributed by atoms with Crippen LogP contribution in [0.25, 0.3) is 0 Å². The van der Waals surface area contributed by atoms with Crippen LogP contribution in [0.4, 0.5) is 0 Å². The molecule has 0 atom stereocenters. The van der Waals surface area contributed by atoms with E-state index in [1.807, 2.05) is 6.07 Å². The molecule has 0 unspecified atom stereocenters. The molecule has 0 heterocycles. The van der Waals surface area contributed by atoms with E-state index in [1.165, 1.54) is 36.8 Å². The number of phenolic OH excluding ortho intramolecular Hbond substituents is 2. The van der Waals surface area contributed by atoms with Crippen molar-refractivity contribution in [2.24, 2.45) is 0 Å². The molecule has 122 valence electrons. The lowest BCUT2D eigenvalue weighted by Crippen LogP contribution is -2.12. The van der Waals surface area contributed by atoms with Crippen molar-refractivity contribution < 1.29 is 10.2 Å². The Balaban J connectivity index is 1.69. The maximum atomic E-state index is 10.00. The zero-order valence-corrected chi connectivity index (χ0v) is 14.0. The minimum atomic E-state index is 0.341. The van der Waals surface area contributed by atoms with E-state index in [2.05, 4.69) is 38.1 Å². The molecule has 0 radical (unpaired) electrons.